The van der Waals surface area contributed by atoms with E-state index in [-0.39, 0.29) is 11.9 Å². The molecule has 0 spiro atoms. The molecule has 17 heavy (non-hydrogen) atoms. The van der Waals surface area contributed by atoms with Gasteiger partial charge in [-0.1, -0.05) is 5.16 Å². The zero-order valence-electron chi connectivity index (χ0n) is 9.96. The van der Waals surface area contributed by atoms with Gasteiger partial charge in [0.1, 0.15) is 6.61 Å². The number of oxime groups is 1. The fourth-order valence-electron chi connectivity index (χ4n) is 1.14. The molecule has 1 rings (SSSR count). The van der Waals surface area contributed by atoms with Gasteiger partial charge in [-0.2, -0.15) is 0 Å². The molecule has 0 saturated heterocycles. The van der Waals surface area contributed by atoms with Crippen molar-refractivity contribution < 1.29 is 14.7 Å². The molecule has 1 aromatic rings. The Balaban J connectivity index is 2.49. The van der Waals surface area contributed by atoms with Crippen molar-refractivity contribution >= 4 is 5.84 Å². The van der Waals surface area contributed by atoms with Gasteiger partial charge in [-0.25, -0.2) is 4.98 Å². The van der Waals surface area contributed by atoms with Crippen molar-refractivity contribution in [3.05, 3.63) is 23.9 Å². The fraction of sp³-hybridized carbons (Fsp3) is 0.455. The summed E-state index contributed by atoms with van der Waals surface area (Å²) in [5.74, 6) is 0.442. The van der Waals surface area contributed by atoms with Crippen LogP contribution in [0.3, 0.4) is 0 Å². The third-order valence-electron chi connectivity index (χ3n) is 1.92. The van der Waals surface area contributed by atoms with Crippen LogP contribution in [0.4, 0.5) is 0 Å². The maximum Gasteiger partial charge on any atom is 0.213 e. The van der Waals surface area contributed by atoms with E-state index >= 15 is 0 Å². The standard InChI is InChI=1S/C11H17N3O3/c1-8(2)16-5-6-17-10-7-9(3-4-13-10)11(12)14-15/h3-4,7-8,15H,5-6H2,1-2H3,(H2,12,14). The van der Waals surface area contributed by atoms with Crippen LogP contribution in [-0.2, 0) is 4.74 Å². The van der Waals surface area contributed by atoms with Gasteiger partial charge in [0.2, 0.25) is 5.88 Å². The minimum atomic E-state index is 0.0238. The van der Waals surface area contributed by atoms with E-state index in [1.54, 1.807) is 12.1 Å². The van der Waals surface area contributed by atoms with Gasteiger partial charge >= 0.3 is 0 Å². The molecule has 6 nitrogen and oxygen atoms in total. The predicted molar refractivity (Wildman–Crippen MR) is 63.3 cm³/mol. The topological polar surface area (TPSA) is 90.0 Å². The molecule has 3 N–H and O–H groups in total. The number of aromatic nitrogens is 1. The molecule has 0 radical (unpaired) electrons. The molecular formula is C11H17N3O3. The highest BCUT2D eigenvalue weighted by Crippen LogP contribution is 2.08. The number of nitrogens with zero attached hydrogens (tertiary/aromatic N) is 2. The number of hydrogen-bond acceptors (Lipinski definition) is 5. The van der Waals surface area contributed by atoms with Crippen LogP contribution in [0.1, 0.15) is 19.4 Å². The lowest BCUT2D eigenvalue weighted by atomic mass is 10.2. The molecule has 0 bridgehead atoms. The van der Waals surface area contributed by atoms with Crippen molar-refractivity contribution in [1.82, 2.24) is 4.98 Å². The summed E-state index contributed by atoms with van der Waals surface area (Å²) in [7, 11) is 0. The number of hydrogen-bond donors (Lipinski definition) is 2. The van der Waals surface area contributed by atoms with Crippen LogP contribution in [0.15, 0.2) is 23.5 Å². The zero-order valence-corrected chi connectivity index (χ0v) is 9.96. The summed E-state index contributed by atoms with van der Waals surface area (Å²) in [6, 6.07) is 3.23. The van der Waals surface area contributed by atoms with E-state index < -0.39 is 0 Å². The molecule has 1 aromatic heterocycles. The second-order valence-electron chi connectivity index (χ2n) is 3.64. The lowest BCUT2D eigenvalue weighted by Crippen LogP contribution is -2.14. The predicted octanol–water partition coefficient (Wildman–Crippen LogP) is 0.980. The Hall–Kier alpha value is -1.82. The highest BCUT2D eigenvalue weighted by atomic mass is 16.5. The molecule has 0 saturated carbocycles. The zero-order chi connectivity index (χ0) is 12.7. The second-order valence-corrected chi connectivity index (χ2v) is 3.64. The van der Waals surface area contributed by atoms with Crippen LogP contribution in [0, 0.1) is 0 Å². The summed E-state index contributed by atoms with van der Waals surface area (Å²) in [4.78, 5) is 4.00. The van der Waals surface area contributed by atoms with Crippen molar-refractivity contribution in [2.45, 2.75) is 20.0 Å². The summed E-state index contributed by atoms with van der Waals surface area (Å²) in [6.45, 7) is 4.81. The van der Waals surface area contributed by atoms with Crippen LogP contribution >= 0.6 is 0 Å². The average molecular weight is 239 g/mol. The van der Waals surface area contributed by atoms with E-state index in [1.807, 2.05) is 13.8 Å². The first-order valence-electron chi connectivity index (χ1n) is 5.32. The summed E-state index contributed by atoms with van der Waals surface area (Å²) >= 11 is 0. The molecule has 0 fully saturated rings. The highest BCUT2D eigenvalue weighted by molar-refractivity contribution is 5.97. The molecule has 94 valence electrons. The molecule has 0 unspecified atom stereocenters. The Morgan fingerprint density at radius 3 is 2.94 bits per heavy atom. The fourth-order valence-corrected chi connectivity index (χ4v) is 1.14. The molecule has 0 atom stereocenters. The summed E-state index contributed by atoms with van der Waals surface area (Å²) < 4.78 is 10.7. The number of pyridine rings is 1. The van der Waals surface area contributed by atoms with E-state index in [2.05, 4.69) is 10.1 Å². The smallest absolute Gasteiger partial charge is 0.213 e. The van der Waals surface area contributed by atoms with Gasteiger partial charge in [0.15, 0.2) is 5.84 Å². The van der Waals surface area contributed by atoms with Gasteiger partial charge in [-0.05, 0) is 19.9 Å². The lowest BCUT2D eigenvalue weighted by Gasteiger charge is -2.09. The molecule has 0 aliphatic heterocycles. The number of amidine groups is 1. The van der Waals surface area contributed by atoms with Crippen LogP contribution in [0.25, 0.3) is 0 Å². The Morgan fingerprint density at radius 1 is 1.53 bits per heavy atom. The van der Waals surface area contributed by atoms with Gasteiger partial charge in [0.25, 0.3) is 0 Å². The molecule has 0 aliphatic carbocycles. The first kappa shape index (κ1) is 13.2. The summed E-state index contributed by atoms with van der Waals surface area (Å²) in [6.07, 6.45) is 1.71. The maximum atomic E-state index is 8.54. The first-order valence-corrected chi connectivity index (χ1v) is 5.32. The van der Waals surface area contributed by atoms with Crippen molar-refractivity contribution in [3.63, 3.8) is 0 Å². The minimum absolute atomic E-state index is 0.0238. The Labute approximate surface area is 100 Å². The molecular weight excluding hydrogens is 222 g/mol. The molecule has 0 aromatic carbocycles. The van der Waals surface area contributed by atoms with E-state index in [1.165, 1.54) is 6.20 Å². The monoisotopic (exact) mass is 239 g/mol. The van der Waals surface area contributed by atoms with Gasteiger partial charge in [-0.3, -0.25) is 0 Å². The van der Waals surface area contributed by atoms with Crippen molar-refractivity contribution in [2.24, 2.45) is 10.9 Å². The van der Waals surface area contributed by atoms with Gasteiger partial charge < -0.3 is 20.4 Å². The molecule has 1 heterocycles. The van der Waals surface area contributed by atoms with Crippen molar-refractivity contribution in [2.75, 3.05) is 13.2 Å². The van der Waals surface area contributed by atoms with Crippen LogP contribution < -0.4 is 10.5 Å². The third kappa shape index (κ3) is 4.69. The Kier molecular flexibility index (Phi) is 5.22. The van der Waals surface area contributed by atoms with Gasteiger partial charge in [0, 0.05) is 17.8 Å². The van der Waals surface area contributed by atoms with Gasteiger partial charge in [0.05, 0.1) is 12.7 Å². The van der Waals surface area contributed by atoms with E-state index in [9.17, 15) is 0 Å². The second kappa shape index (κ2) is 6.70. The molecule has 0 amide bonds. The highest BCUT2D eigenvalue weighted by Gasteiger charge is 2.02. The van der Waals surface area contributed by atoms with Crippen LogP contribution in [0.2, 0.25) is 0 Å². The minimum Gasteiger partial charge on any atom is -0.475 e. The average Bonchev–Trinajstić information content (AvgIpc) is 2.34. The van der Waals surface area contributed by atoms with Crippen molar-refractivity contribution in [1.29, 1.82) is 0 Å². The quantitative estimate of drug-likeness (QED) is 0.254. The number of ether oxygens (including phenoxy) is 2. The SMILES string of the molecule is CC(C)OCCOc1cc(/C(N)=N/O)ccn1. The Morgan fingerprint density at radius 2 is 2.29 bits per heavy atom. The third-order valence-corrected chi connectivity index (χ3v) is 1.92. The van der Waals surface area contributed by atoms with E-state index in [0.717, 1.165) is 0 Å². The summed E-state index contributed by atoms with van der Waals surface area (Å²) in [5.41, 5.74) is 6.01. The van der Waals surface area contributed by atoms with Gasteiger partial charge in [-0.15, -0.1) is 0 Å². The van der Waals surface area contributed by atoms with Crippen LogP contribution in [0.5, 0.6) is 5.88 Å². The molecule has 0 aliphatic rings. The maximum absolute atomic E-state index is 8.54. The number of rotatable bonds is 6. The van der Waals surface area contributed by atoms with E-state index in [0.29, 0.717) is 24.7 Å². The van der Waals surface area contributed by atoms with E-state index in [4.69, 9.17) is 20.4 Å². The lowest BCUT2D eigenvalue weighted by molar-refractivity contribution is 0.0542. The number of nitrogens with two attached hydrogens (primary N) is 1. The van der Waals surface area contributed by atoms with Crippen LogP contribution in [-0.4, -0.2) is 35.3 Å². The van der Waals surface area contributed by atoms with Crippen molar-refractivity contribution in [3.8, 4) is 5.88 Å². The Bertz CT molecular complexity index is 380. The summed E-state index contributed by atoms with van der Waals surface area (Å²) in [5, 5.41) is 11.4. The normalized spacial score (nSPS) is 11.8. The first-order chi connectivity index (χ1) is 8.13. The largest absolute Gasteiger partial charge is 0.475 e. The molecule has 6 heteroatoms.